The minimum atomic E-state index is -1.87. The Morgan fingerprint density at radius 3 is 2.31 bits per heavy atom. The molecule has 4 aliphatic rings. The number of Topliss-reactive ketones (excluding diaryl/α,β-unsaturated/α-hetero) is 2. The molecule has 0 radical (unpaired) electrons. The van der Waals surface area contributed by atoms with E-state index in [2.05, 4.69) is 19.6 Å². The molecule has 0 aliphatic heterocycles. The lowest BCUT2D eigenvalue weighted by Gasteiger charge is -2.64. The lowest BCUT2D eigenvalue weighted by Crippen LogP contribution is -2.65. The standard InChI is InChI=1S/C30H42O6/c1-16(2)9-12-22(33)30(8,36)24-20(32)14-27(5)21-11-10-17-18(13-19(31)25(35)26(17,3)4)29(21,7)23(34)15-28(24,27)6/h9-10,12,18,20-21,24-25,32,35-36H,1,11,13-15H2,2-8H3/b12-9+/t18?,20?,21?,24?,25-,27?,28?,29?,30?/m1/s1. The number of hydrogen-bond acceptors (Lipinski definition) is 6. The molecule has 0 spiro atoms. The van der Waals surface area contributed by atoms with Gasteiger partial charge in [0.25, 0.3) is 0 Å². The van der Waals surface area contributed by atoms with Crippen molar-refractivity contribution in [2.75, 3.05) is 0 Å². The Morgan fingerprint density at radius 1 is 1.11 bits per heavy atom. The SMILES string of the molecule is C=C(C)/C=C/C(=O)C(C)(O)C1C(O)CC2(C)C3CC=C4C(CC(=O)[C@@H](O)C4(C)C)C3(C)C(=O)CC12C. The van der Waals surface area contributed by atoms with Gasteiger partial charge in [-0.1, -0.05) is 64.5 Å². The second-order valence-electron chi connectivity index (χ2n) is 13.5. The van der Waals surface area contributed by atoms with Crippen molar-refractivity contribution in [1.82, 2.24) is 0 Å². The first-order valence-electron chi connectivity index (χ1n) is 13.1. The van der Waals surface area contributed by atoms with Crippen LogP contribution in [0.4, 0.5) is 0 Å². The Kier molecular flexibility index (Phi) is 6.07. The average molecular weight is 499 g/mol. The van der Waals surface area contributed by atoms with Crippen molar-refractivity contribution in [1.29, 1.82) is 0 Å². The third-order valence-electron chi connectivity index (χ3n) is 11.1. The predicted molar refractivity (Wildman–Crippen MR) is 137 cm³/mol. The van der Waals surface area contributed by atoms with E-state index in [4.69, 9.17) is 0 Å². The summed E-state index contributed by atoms with van der Waals surface area (Å²) in [6.07, 6.45) is 4.06. The fraction of sp³-hybridized carbons (Fsp3) is 0.700. The van der Waals surface area contributed by atoms with Crippen LogP contribution in [0.2, 0.25) is 0 Å². The Hall–Kier alpha value is -1.89. The van der Waals surface area contributed by atoms with Gasteiger partial charge in [-0.15, -0.1) is 0 Å². The zero-order valence-corrected chi connectivity index (χ0v) is 22.7. The first-order valence-corrected chi connectivity index (χ1v) is 13.1. The normalized spacial score (nSPS) is 45.4. The van der Waals surface area contributed by atoms with Gasteiger partial charge >= 0.3 is 0 Å². The van der Waals surface area contributed by atoms with E-state index < -0.39 is 51.2 Å². The van der Waals surface area contributed by atoms with Crippen LogP contribution in [0.15, 0.2) is 36.0 Å². The van der Waals surface area contributed by atoms with Gasteiger partial charge in [0.1, 0.15) is 17.5 Å². The Balaban J connectivity index is 1.82. The van der Waals surface area contributed by atoms with Gasteiger partial charge in [0.05, 0.1) is 6.10 Å². The highest BCUT2D eigenvalue weighted by molar-refractivity contribution is 5.98. The number of carbonyl (C=O) groups is 3. The zero-order valence-electron chi connectivity index (χ0n) is 22.7. The quantitative estimate of drug-likeness (QED) is 0.309. The molecule has 8 unspecified atom stereocenters. The van der Waals surface area contributed by atoms with Crippen molar-refractivity contribution >= 4 is 17.3 Å². The summed E-state index contributed by atoms with van der Waals surface area (Å²) in [5.74, 6) is -2.07. The van der Waals surface area contributed by atoms with Crippen LogP contribution in [0, 0.1) is 39.4 Å². The summed E-state index contributed by atoms with van der Waals surface area (Å²) in [6, 6.07) is 0. The van der Waals surface area contributed by atoms with Crippen molar-refractivity contribution in [2.24, 2.45) is 39.4 Å². The Labute approximate surface area is 214 Å². The highest BCUT2D eigenvalue weighted by atomic mass is 16.3. The molecule has 0 aromatic rings. The van der Waals surface area contributed by atoms with Gasteiger partial charge in [-0.3, -0.25) is 14.4 Å². The molecule has 0 bridgehead atoms. The van der Waals surface area contributed by atoms with Crippen molar-refractivity contribution in [3.63, 3.8) is 0 Å². The fourth-order valence-corrected chi connectivity index (χ4v) is 8.89. The molecule has 0 amide bonds. The number of hydrogen-bond donors (Lipinski definition) is 3. The number of carbonyl (C=O) groups excluding carboxylic acids is 3. The van der Waals surface area contributed by atoms with Crippen LogP contribution in [-0.4, -0.2) is 50.5 Å². The summed E-state index contributed by atoms with van der Waals surface area (Å²) in [6.45, 7) is 16.7. The lowest BCUT2D eigenvalue weighted by atomic mass is 9.38. The summed E-state index contributed by atoms with van der Waals surface area (Å²) in [5, 5.41) is 33.6. The molecule has 0 aromatic heterocycles. The van der Waals surface area contributed by atoms with E-state index in [1.807, 2.05) is 27.7 Å². The highest BCUT2D eigenvalue weighted by Crippen LogP contribution is 2.74. The van der Waals surface area contributed by atoms with Crippen molar-refractivity contribution in [3.8, 4) is 0 Å². The molecule has 0 heterocycles. The Morgan fingerprint density at radius 2 is 1.72 bits per heavy atom. The molecular weight excluding hydrogens is 456 g/mol. The largest absolute Gasteiger partial charge is 0.393 e. The highest BCUT2D eigenvalue weighted by Gasteiger charge is 2.74. The minimum Gasteiger partial charge on any atom is -0.393 e. The van der Waals surface area contributed by atoms with Crippen LogP contribution >= 0.6 is 0 Å². The van der Waals surface area contributed by atoms with Gasteiger partial charge < -0.3 is 15.3 Å². The van der Waals surface area contributed by atoms with Gasteiger partial charge in [-0.2, -0.15) is 0 Å². The van der Waals surface area contributed by atoms with Crippen molar-refractivity contribution in [2.45, 2.75) is 92.0 Å². The monoisotopic (exact) mass is 498 g/mol. The summed E-state index contributed by atoms with van der Waals surface area (Å²) >= 11 is 0. The van der Waals surface area contributed by atoms with Crippen molar-refractivity contribution in [3.05, 3.63) is 36.0 Å². The molecule has 198 valence electrons. The first-order chi connectivity index (χ1) is 16.4. The van der Waals surface area contributed by atoms with Gasteiger partial charge in [-0.25, -0.2) is 0 Å². The second-order valence-corrected chi connectivity index (χ2v) is 13.5. The van der Waals surface area contributed by atoms with Crippen LogP contribution in [-0.2, 0) is 14.4 Å². The molecule has 6 nitrogen and oxygen atoms in total. The Bertz CT molecular complexity index is 1090. The molecule has 9 atom stereocenters. The van der Waals surface area contributed by atoms with Crippen LogP contribution in [0.3, 0.4) is 0 Å². The summed E-state index contributed by atoms with van der Waals surface area (Å²) in [5.41, 5.74) is -3.21. The molecule has 4 rings (SSSR count). The van der Waals surface area contributed by atoms with Gasteiger partial charge in [0.15, 0.2) is 11.6 Å². The van der Waals surface area contributed by atoms with E-state index in [1.54, 1.807) is 13.0 Å². The number of ketones is 3. The maximum Gasteiger partial charge on any atom is 0.187 e. The number of allylic oxidation sites excluding steroid dienone is 3. The van der Waals surface area contributed by atoms with Gasteiger partial charge in [0, 0.05) is 29.6 Å². The molecule has 3 fully saturated rings. The molecule has 0 saturated heterocycles. The van der Waals surface area contributed by atoms with E-state index >= 15 is 0 Å². The third-order valence-corrected chi connectivity index (χ3v) is 11.1. The van der Waals surface area contributed by atoms with E-state index in [0.717, 1.165) is 5.57 Å². The number of fused-ring (bicyclic) bond motifs is 5. The predicted octanol–water partition coefficient (Wildman–Crippen LogP) is 3.73. The van der Waals surface area contributed by atoms with E-state index in [-0.39, 0.29) is 36.2 Å². The maximum absolute atomic E-state index is 14.2. The smallest absolute Gasteiger partial charge is 0.187 e. The molecular formula is C30H42O6. The van der Waals surface area contributed by atoms with E-state index in [1.165, 1.54) is 13.0 Å². The molecule has 0 aromatic carbocycles. The van der Waals surface area contributed by atoms with Gasteiger partial charge in [0.2, 0.25) is 0 Å². The van der Waals surface area contributed by atoms with Gasteiger partial charge in [-0.05, 0) is 55.4 Å². The second kappa shape index (κ2) is 8.05. The molecule has 6 heteroatoms. The third kappa shape index (κ3) is 3.30. The maximum atomic E-state index is 14.2. The minimum absolute atomic E-state index is 0.00268. The fourth-order valence-electron chi connectivity index (χ4n) is 8.89. The number of aliphatic hydroxyl groups is 3. The summed E-state index contributed by atoms with van der Waals surface area (Å²) in [4.78, 5) is 40.2. The van der Waals surface area contributed by atoms with Crippen LogP contribution < -0.4 is 0 Å². The number of aliphatic hydroxyl groups excluding tert-OH is 2. The van der Waals surface area contributed by atoms with Crippen molar-refractivity contribution < 1.29 is 29.7 Å². The zero-order chi connectivity index (χ0) is 27.2. The summed E-state index contributed by atoms with van der Waals surface area (Å²) in [7, 11) is 0. The van der Waals surface area contributed by atoms with E-state index in [9.17, 15) is 29.7 Å². The first kappa shape index (κ1) is 27.2. The number of rotatable bonds is 4. The van der Waals surface area contributed by atoms with Crippen LogP contribution in [0.1, 0.15) is 74.1 Å². The molecule has 3 N–H and O–H groups in total. The lowest BCUT2D eigenvalue weighted by molar-refractivity contribution is -0.183. The van der Waals surface area contributed by atoms with E-state index in [0.29, 0.717) is 18.4 Å². The average Bonchev–Trinajstić information content (AvgIpc) is 2.96. The molecule has 36 heavy (non-hydrogen) atoms. The van der Waals surface area contributed by atoms with Crippen LogP contribution in [0.5, 0.6) is 0 Å². The molecule has 3 saturated carbocycles. The topological polar surface area (TPSA) is 112 Å². The summed E-state index contributed by atoms with van der Waals surface area (Å²) < 4.78 is 0. The molecule has 4 aliphatic carbocycles. The van der Waals surface area contributed by atoms with Crippen LogP contribution in [0.25, 0.3) is 0 Å².